The molecule has 1 N–H and O–H groups in total. The second-order valence-electron chi connectivity index (χ2n) is 6.35. The Morgan fingerprint density at radius 1 is 1.38 bits per heavy atom. The Morgan fingerprint density at radius 3 is 2.52 bits per heavy atom. The maximum absolute atomic E-state index is 12.9. The van der Waals surface area contributed by atoms with Gasteiger partial charge in [-0.1, -0.05) is 20.8 Å². The van der Waals surface area contributed by atoms with Gasteiger partial charge in [-0.3, -0.25) is 4.90 Å². The number of aliphatic carboxylic acids is 1. The van der Waals surface area contributed by atoms with Crippen LogP contribution in [-0.4, -0.2) is 56.7 Å². The Hall–Kier alpha value is -0.910. The molecule has 2 unspecified atom stereocenters. The van der Waals surface area contributed by atoms with Crippen LogP contribution in [0.25, 0.3) is 0 Å². The van der Waals surface area contributed by atoms with E-state index in [1.54, 1.807) is 16.7 Å². The Balaban J connectivity index is 2.11. The van der Waals surface area contributed by atoms with Gasteiger partial charge in [-0.05, 0) is 31.6 Å². The summed E-state index contributed by atoms with van der Waals surface area (Å²) in [5, 5.41) is 9.37. The summed E-state index contributed by atoms with van der Waals surface area (Å²) in [5.41, 5.74) is 0. The number of thioether (sulfide) groups is 1. The molecule has 0 aromatic heterocycles. The standard InChI is InChI=1S/C15H26N2O3S/c1-4-13-17(12(9-21-13)14(18)19)15(20)16(11-5-6-11)8-7-10(2)3/h10-13H,4-9H2,1-3H3,(H,18,19). The maximum Gasteiger partial charge on any atom is 0.327 e. The molecule has 0 aromatic carbocycles. The van der Waals surface area contributed by atoms with Gasteiger partial charge in [0.1, 0.15) is 6.04 Å². The summed E-state index contributed by atoms with van der Waals surface area (Å²) in [4.78, 5) is 27.9. The molecule has 1 saturated carbocycles. The van der Waals surface area contributed by atoms with Gasteiger partial charge >= 0.3 is 12.0 Å². The van der Waals surface area contributed by atoms with Gasteiger partial charge in [0.25, 0.3) is 0 Å². The molecule has 2 amide bonds. The van der Waals surface area contributed by atoms with Crippen molar-refractivity contribution in [2.24, 2.45) is 5.92 Å². The smallest absolute Gasteiger partial charge is 0.327 e. The topological polar surface area (TPSA) is 60.9 Å². The van der Waals surface area contributed by atoms with Crippen molar-refractivity contribution < 1.29 is 14.7 Å². The van der Waals surface area contributed by atoms with Crippen molar-refractivity contribution >= 4 is 23.8 Å². The molecule has 0 spiro atoms. The fourth-order valence-corrected chi connectivity index (χ4v) is 4.03. The second kappa shape index (κ2) is 6.90. The van der Waals surface area contributed by atoms with Gasteiger partial charge in [0, 0.05) is 18.3 Å². The van der Waals surface area contributed by atoms with E-state index in [9.17, 15) is 14.7 Å². The number of hydrogen-bond donors (Lipinski definition) is 1. The van der Waals surface area contributed by atoms with E-state index in [-0.39, 0.29) is 11.4 Å². The molecule has 0 aromatic rings. The highest BCUT2D eigenvalue weighted by molar-refractivity contribution is 8.00. The van der Waals surface area contributed by atoms with Gasteiger partial charge < -0.3 is 10.0 Å². The van der Waals surface area contributed by atoms with Crippen LogP contribution in [0.1, 0.15) is 46.5 Å². The molecule has 5 nitrogen and oxygen atoms in total. The molecule has 0 radical (unpaired) electrons. The summed E-state index contributed by atoms with van der Waals surface area (Å²) >= 11 is 1.59. The second-order valence-corrected chi connectivity index (χ2v) is 7.56. The van der Waals surface area contributed by atoms with Crippen molar-refractivity contribution in [2.45, 2.75) is 63.9 Å². The van der Waals surface area contributed by atoms with E-state index in [4.69, 9.17) is 0 Å². The number of carbonyl (C=O) groups is 2. The molecular formula is C15H26N2O3S. The number of urea groups is 1. The number of hydrogen-bond acceptors (Lipinski definition) is 3. The lowest BCUT2D eigenvalue weighted by molar-refractivity contribution is -0.141. The molecule has 6 heteroatoms. The van der Waals surface area contributed by atoms with Crippen LogP contribution < -0.4 is 0 Å². The molecule has 2 rings (SSSR count). The minimum atomic E-state index is -0.883. The fraction of sp³-hybridized carbons (Fsp3) is 0.867. The predicted octanol–water partition coefficient (Wildman–Crippen LogP) is 2.86. The van der Waals surface area contributed by atoms with E-state index >= 15 is 0 Å². The molecule has 2 atom stereocenters. The van der Waals surface area contributed by atoms with Crippen molar-refractivity contribution in [1.82, 2.24) is 9.80 Å². The molecule has 1 saturated heterocycles. The first-order valence-electron chi connectivity index (χ1n) is 7.89. The first-order chi connectivity index (χ1) is 9.95. The van der Waals surface area contributed by atoms with Gasteiger partial charge in [-0.2, -0.15) is 0 Å². The minimum Gasteiger partial charge on any atom is -0.480 e. The SMILES string of the molecule is CCC1SCC(C(=O)O)N1C(=O)N(CCC(C)C)C1CC1. The highest BCUT2D eigenvalue weighted by Crippen LogP contribution is 2.35. The van der Waals surface area contributed by atoms with E-state index in [1.165, 1.54) is 0 Å². The minimum absolute atomic E-state index is 0.00102. The molecule has 1 aliphatic heterocycles. The summed E-state index contributed by atoms with van der Waals surface area (Å²) in [6, 6.07) is -0.413. The van der Waals surface area contributed by atoms with Gasteiger partial charge in [0.15, 0.2) is 0 Å². The number of rotatable bonds is 6. The number of amides is 2. The quantitative estimate of drug-likeness (QED) is 0.819. The third-order valence-electron chi connectivity index (χ3n) is 4.13. The molecule has 1 heterocycles. The van der Waals surface area contributed by atoms with Crippen LogP contribution in [0.4, 0.5) is 4.79 Å². The van der Waals surface area contributed by atoms with Gasteiger partial charge in [0.2, 0.25) is 0 Å². The van der Waals surface area contributed by atoms with Crippen molar-refractivity contribution in [3.8, 4) is 0 Å². The van der Waals surface area contributed by atoms with E-state index < -0.39 is 12.0 Å². The number of carbonyl (C=O) groups excluding carboxylic acids is 1. The lowest BCUT2D eigenvalue weighted by Gasteiger charge is -2.33. The Morgan fingerprint density at radius 2 is 2.05 bits per heavy atom. The van der Waals surface area contributed by atoms with E-state index in [1.807, 2.05) is 11.8 Å². The Bertz CT molecular complexity index is 398. The monoisotopic (exact) mass is 314 g/mol. The zero-order valence-electron chi connectivity index (χ0n) is 13.1. The molecule has 120 valence electrons. The van der Waals surface area contributed by atoms with Crippen molar-refractivity contribution in [2.75, 3.05) is 12.3 Å². The third kappa shape index (κ3) is 3.84. The average Bonchev–Trinajstić information content (AvgIpc) is 3.15. The normalized spacial score (nSPS) is 25.4. The summed E-state index contributed by atoms with van der Waals surface area (Å²) < 4.78 is 0. The van der Waals surface area contributed by atoms with Gasteiger partial charge in [-0.15, -0.1) is 11.8 Å². The summed E-state index contributed by atoms with van der Waals surface area (Å²) in [6.45, 7) is 7.05. The van der Waals surface area contributed by atoms with E-state index in [0.717, 1.165) is 32.2 Å². The van der Waals surface area contributed by atoms with E-state index in [0.29, 0.717) is 17.7 Å². The number of carboxylic acids is 1. The van der Waals surface area contributed by atoms with Crippen molar-refractivity contribution in [1.29, 1.82) is 0 Å². The Kier molecular flexibility index (Phi) is 5.41. The van der Waals surface area contributed by atoms with Gasteiger partial charge in [-0.25, -0.2) is 9.59 Å². The zero-order valence-corrected chi connectivity index (χ0v) is 13.9. The highest BCUT2D eigenvalue weighted by Gasteiger charge is 2.45. The lowest BCUT2D eigenvalue weighted by atomic mass is 10.1. The molecular weight excluding hydrogens is 288 g/mol. The number of carboxylic acid groups (broad SMARTS) is 1. The predicted molar refractivity (Wildman–Crippen MR) is 84.4 cm³/mol. The first kappa shape index (κ1) is 16.5. The zero-order chi connectivity index (χ0) is 15.6. The molecule has 2 aliphatic rings. The maximum atomic E-state index is 12.9. The van der Waals surface area contributed by atoms with Crippen LogP contribution in [0.3, 0.4) is 0 Å². The van der Waals surface area contributed by atoms with Crippen LogP contribution in [0.15, 0.2) is 0 Å². The largest absolute Gasteiger partial charge is 0.480 e. The molecule has 21 heavy (non-hydrogen) atoms. The molecule has 2 fully saturated rings. The number of nitrogens with zero attached hydrogens (tertiary/aromatic N) is 2. The molecule has 0 bridgehead atoms. The lowest BCUT2D eigenvalue weighted by Crippen LogP contribution is -2.52. The van der Waals surface area contributed by atoms with Crippen LogP contribution in [0, 0.1) is 5.92 Å². The Labute approximate surface area is 131 Å². The fourth-order valence-electron chi connectivity index (χ4n) is 2.69. The van der Waals surface area contributed by atoms with Crippen LogP contribution >= 0.6 is 11.8 Å². The van der Waals surface area contributed by atoms with Crippen molar-refractivity contribution in [3.63, 3.8) is 0 Å². The summed E-state index contributed by atoms with van der Waals surface area (Å²) in [5.74, 6) is 0.165. The first-order valence-corrected chi connectivity index (χ1v) is 8.93. The van der Waals surface area contributed by atoms with Crippen LogP contribution in [0.5, 0.6) is 0 Å². The average molecular weight is 314 g/mol. The van der Waals surface area contributed by atoms with Crippen molar-refractivity contribution in [3.05, 3.63) is 0 Å². The third-order valence-corrected chi connectivity index (χ3v) is 5.58. The van der Waals surface area contributed by atoms with Crippen LogP contribution in [0.2, 0.25) is 0 Å². The van der Waals surface area contributed by atoms with Crippen LogP contribution in [-0.2, 0) is 4.79 Å². The van der Waals surface area contributed by atoms with Gasteiger partial charge in [0.05, 0.1) is 5.37 Å². The highest BCUT2D eigenvalue weighted by atomic mass is 32.2. The summed E-state index contributed by atoms with van der Waals surface area (Å²) in [7, 11) is 0. The summed E-state index contributed by atoms with van der Waals surface area (Å²) in [6.07, 6.45) is 3.87. The van der Waals surface area contributed by atoms with E-state index in [2.05, 4.69) is 13.8 Å². The molecule has 1 aliphatic carbocycles.